The van der Waals surface area contributed by atoms with Crippen LogP contribution in [0, 0.1) is 0 Å². The third-order valence-corrected chi connectivity index (χ3v) is 4.39. The normalized spacial score (nSPS) is 11.1. The van der Waals surface area contributed by atoms with Gasteiger partial charge in [0.25, 0.3) is 0 Å². The van der Waals surface area contributed by atoms with Gasteiger partial charge in [-0.1, -0.05) is 0 Å². The number of halogens is 1. The maximum atomic E-state index is 11.5. The standard InChI is InChI=1S/C10H15INO/c1-4-9-6-5-7-10(13)12(9)11-8(2)3/h5-8H,4H2,1-3H3/q-1. The molecule has 0 N–H and O–H groups in total. The molecule has 0 aliphatic heterocycles. The van der Waals surface area contributed by atoms with E-state index in [2.05, 4.69) is 20.8 Å². The van der Waals surface area contributed by atoms with Gasteiger partial charge in [-0.25, -0.2) is 0 Å². The molecule has 0 aliphatic rings. The van der Waals surface area contributed by atoms with Crippen molar-refractivity contribution in [1.82, 2.24) is 2.78 Å². The van der Waals surface area contributed by atoms with Crippen molar-refractivity contribution < 1.29 is 21.5 Å². The summed E-state index contributed by atoms with van der Waals surface area (Å²) < 4.78 is 2.60. The zero-order valence-corrected chi connectivity index (χ0v) is 10.4. The predicted octanol–water partition coefficient (Wildman–Crippen LogP) is -1.33. The second-order valence-electron chi connectivity index (χ2n) is 3.10. The van der Waals surface area contributed by atoms with Crippen molar-refractivity contribution in [2.45, 2.75) is 31.1 Å². The molecule has 0 atom stereocenters. The first-order valence-corrected chi connectivity index (χ1v) is 6.71. The van der Waals surface area contributed by atoms with Crippen molar-refractivity contribution in [3.8, 4) is 0 Å². The first-order valence-electron chi connectivity index (χ1n) is 4.50. The molecule has 0 amide bonds. The van der Waals surface area contributed by atoms with Gasteiger partial charge >= 0.3 is 89.6 Å². The van der Waals surface area contributed by atoms with Crippen LogP contribution in [0.3, 0.4) is 0 Å². The Morgan fingerprint density at radius 3 is 2.69 bits per heavy atom. The van der Waals surface area contributed by atoms with Gasteiger partial charge in [-0.3, -0.25) is 0 Å². The van der Waals surface area contributed by atoms with Gasteiger partial charge in [0, 0.05) is 0 Å². The molecular formula is C10H15INO-. The second-order valence-corrected chi connectivity index (χ2v) is 7.11. The molecule has 13 heavy (non-hydrogen) atoms. The second kappa shape index (κ2) is 4.79. The summed E-state index contributed by atoms with van der Waals surface area (Å²) in [5, 5.41) is 0. The molecule has 0 saturated heterocycles. The minimum absolute atomic E-state index is 0.167. The van der Waals surface area contributed by atoms with E-state index in [0.717, 1.165) is 6.42 Å². The molecule has 0 fully saturated rings. The van der Waals surface area contributed by atoms with E-state index in [0.29, 0.717) is 3.92 Å². The number of aryl methyl sites for hydroxylation is 1. The van der Waals surface area contributed by atoms with Gasteiger partial charge in [0.15, 0.2) is 0 Å². The Morgan fingerprint density at radius 1 is 1.46 bits per heavy atom. The van der Waals surface area contributed by atoms with Crippen LogP contribution in [0.1, 0.15) is 26.5 Å². The average Bonchev–Trinajstić information content (AvgIpc) is 2.08. The summed E-state index contributed by atoms with van der Waals surface area (Å²) in [6.45, 7) is 6.44. The van der Waals surface area contributed by atoms with Gasteiger partial charge in [0.05, 0.1) is 0 Å². The fourth-order valence-corrected chi connectivity index (χ4v) is 3.49. The molecule has 1 aromatic heterocycles. The van der Waals surface area contributed by atoms with Gasteiger partial charge in [-0.2, -0.15) is 0 Å². The molecule has 0 spiro atoms. The van der Waals surface area contributed by atoms with Crippen LogP contribution in [-0.2, 0) is 6.42 Å². The van der Waals surface area contributed by atoms with Gasteiger partial charge in [-0.15, -0.1) is 0 Å². The molecule has 0 radical (unpaired) electrons. The monoisotopic (exact) mass is 292 g/mol. The number of aromatic nitrogens is 1. The van der Waals surface area contributed by atoms with Crippen LogP contribution in [0.5, 0.6) is 0 Å². The summed E-state index contributed by atoms with van der Waals surface area (Å²) >= 11 is -0.178. The van der Waals surface area contributed by atoms with Crippen molar-refractivity contribution >= 4 is 0 Å². The number of rotatable bonds is 3. The molecule has 1 heterocycles. The Balaban J connectivity index is 3.08. The van der Waals surface area contributed by atoms with E-state index in [4.69, 9.17) is 0 Å². The Kier molecular flexibility index (Phi) is 3.96. The first-order chi connectivity index (χ1) is 6.15. The van der Waals surface area contributed by atoms with Crippen molar-refractivity contribution in [2.75, 3.05) is 0 Å². The van der Waals surface area contributed by atoms with E-state index in [9.17, 15) is 4.79 Å². The van der Waals surface area contributed by atoms with Gasteiger partial charge in [0.1, 0.15) is 0 Å². The van der Waals surface area contributed by atoms with Crippen LogP contribution in [0.4, 0.5) is 0 Å². The molecule has 1 rings (SSSR count). The molecule has 0 bridgehead atoms. The summed E-state index contributed by atoms with van der Waals surface area (Å²) in [4.78, 5) is 11.5. The molecule has 74 valence electrons. The SMILES string of the molecule is CCc1cccc(=O)n1[I-]C(C)C. The Hall–Kier alpha value is -0.320. The molecular weight excluding hydrogens is 277 g/mol. The summed E-state index contributed by atoms with van der Waals surface area (Å²) in [5.41, 5.74) is 1.34. The van der Waals surface area contributed by atoms with Crippen molar-refractivity contribution in [3.05, 3.63) is 34.2 Å². The van der Waals surface area contributed by atoms with Crippen LogP contribution in [-0.4, -0.2) is 6.71 Å². The minimum atomic E-state index is -0.178. The van der Waals surface area contributed by atoms with Crippen LogP contribution < -0.4 is 27.0 Å². The first kappa shape index (κ1) is 10.8. The van der Waals surface area contributed by atoms with Crippen LogP contribution in [0.25, 0.3) is 0 Å². The number of pyridine rings is 1. The zero-order chi connectivity index (χ0) is 9.84. The Morgan fingerprint density at radius 2 is 2.15 bits per heavy atom. The zero-order valence-electron chi connectivity index (χ0n) is 8.25. The fourth-order valence-electron chi connectivity index (χ4n) is 1.08. The van der Waals surface area contributed by atoms with E-state index in [1.54, 1.807) is 6.07 Å². The van der Waals surface area contributed by atoms with Gasteiger partial charge in [-0.05, 0) is 0 Å². The number of hydrogen-bond donors (Lipinski definition) is 0. The molecule has 0 unspecified atom stereocenters. The molecule has 3 heteroatoms. The predicted molar refractivity (Wildman–Crippen MR) is 50.6 cm³/mol. The van der Waals surface area contributed by atoms with Gasteiger partial charge < -0.3 is 0 Å². The maximum absolute atomic E-state index is 11.5. The van der Waals surface area contributed by atoms with Crippen LogP contribution in [0.15, 0.2) is 23.0 Å². The van der Waals surface area contributed by atoms with E-state index in [1.165, 1.54) is 5.69 Å². The Bertz CT molecular complexity index is 330. The van der Waals surface area contributed by atoms with E-state index >= 15 is 0 Å². The van der Waals surface area contributed by atoms with Crippen LogP contribution in [0.2, 0.25) is 0 Å². The third kappa shape index (κ3) is 2.83. The van der Waals surface area contributed by atoms with Crippen molar-refractivity contribution in [1.29, 1.82) is 0 Å². The Labute approximate surface area is 89.6 Å². The fraction of sp³-hybridized carbons (Fsp3) is 0.500. The average molecular weight is 292 g/mol. The van der Waals surface area contributed by atoms with E-state index in [-0.39, 0.29) is 27.0 Å². The summed E-state index contributed by atoms with van der Waals surface area (Å²) in [5.74, 6) is 0. The third-order valence-electron chi connectivity index (χ3n) is 1.63. The molecule has 0 aliphatic carbocycles. The van der Waals surface area contributed by atoms with E-state index in [1.807, 2.05) is 14.9 Å². The number of hydrogen-bond acceptors (Lipinski definition) is 1. The molecule has 0 saturated carbocycles. The molecule has 1 aromatic rings. The molecule has 0 aromatic carbocycles. The summed E-state index contributed by atoms with van der Waals surface area (Å²) in [7, 11) is 0. The summed E-state index contributed by atoms with van der Waals surface area (Å²) in [6.07, 6.45) is 0.947. The quantitative estimate of drug-likeness (QED) is 0.500. The number of nitrogens with zero attached hydrogens (tertiary/aromatic N) is 1. The van der Waals surface area contributed by atoms with E-state index < -0.39 is 0 Å². The molecule has 2 nitrogen and oxygen atoms in total. The van der Waals surface area contributed by atoms with Crippen molar-refractivity contribution in [2.24, 2.45) is 0 Å². The van der Waals surface area contributed by atoms with Crippen LogP contribution >= 0.6 is 0 Å². The number of alkyl halides is 1. The topological polar surface area (TPSA) is 22.0 Å². The summed E-state index contributed by atoms with van der Waals surface area (Å²) in [6, 6.07) is 5.55. The van der Waals surface area contributed by atoms with Gasteiger partial charge in [0.2, 0.25) is 0 Å². The van der Waals surface area contributed by atoms with Crippen molar-refractivity contribution in [3.63, 3.8) is 0 Å².